The fraction of sp³-hybridized carbons (Fsp3) is 0.340. The normalized spacial score (nSPS) is 13.8. The van der Waals surface area contributed by atoms with Crippen molar-refractivity contribution >= 4 is 6.09 Å². The van der Waals surface area contributed by atoms with Gasteiger partial charge in [0.05, 0.1) is 51.2 Å². The number of aliphatic hydroxyl groups is 2. The molecule has 1 amide bonds. The Kier molecular flexibility index (Phi) is 16.3. The minimum atomic E-state index is -1.18. The highest BCUT2D eigenvalue weighted by molar-refractivity contribution is 5.68. The van der Waals surface area contributed by atoms with Crippen LogP contribution in [0.2, 0.25) is 0 Å². The van der Waals surface area contributed by atoms with E-state index in [2.05, 4.69) is 4.90 Å². The van der Waals surface area contributed by atoms with Gasteiger partial charge in [-0.15, -0.1) is 0 Å². The minimum Gasteiger partial charge on any atom is -0.444 e. The zero-order chi connectivity index (χ0) is 40.6. The van der Waals surface area contributed by atoms with Crippen molar-refractivity contribution in [3.05, 3.63) is 179 Å². The topological polar surface area (TPSA) is 91.7 Å². The van der Waals surface area contributed by atoms with Crippen LogP contribution in [0.3, 0.4) is 0 Å². The number of hydrogen-bond donors (Lipinski definition) is 2. The zero-order valence-electron chi connectivity index (χ0n) is 32.9. The van der Waals surface area contributed by atoms with Crippen molar-refractivity contribution in [1.82, 2.24) is 9.80 Å². The standard InChI is InChI=1S/C47H54F2N2O6/c1-47(2,3)57-46(54)51(30-42(53)34-55-32-37-20-12-6-13-21-37)44(31-52)45(56-33-38-22-14-7-15-23-38)43(26-39-24-40(48)27-41(49)25-39)50(28-35-16-8-4-9-17-35)29-36-18-10-5-11-19-36/h4-25,27,42-45,52-53H,26,28-34H2,1-3H3/t42?,43?,44-,45?/m1/s1. The van der Waals surface area contributed by atoms with E-state index < -0.39 is 54.2 Å². The maximum atomic E-state index is 14.9. The van der Waals surface area contributed by atoms with Gasteiger partial charge in [-0.2, -0.15) is 0 Å². The lowest BCUT2D eigenvalue weighted by Gasteiger charge is -2.44. The molecule has 5 aromatic carbocycles. The van der Waals surface area contributed by atoms with Crippen molar-refractivity contribution < 1.29 is 38.0 Å². The Morgan fingerprint density at radius 2 is 1.14 bits per heavy atom. The summed E-state index contributed by atoms with van der Waals surface area (Å²) in [5, 5.41) is 22.9. The van der Waals surface area contributed by atoms with E-state index in [4.69, 9.17) is 14.2 Å². The third-order valence-corrected chi connectivity index (χ3v) is 9.38. The van der Waals surface area contributed by atoms with Crippen LogP contribution in [-0.2, 0) is 46.9 Å². The maximum absolute atomic E-state index is 14.9. The van der Waals surface area contributed by atoms with Gasteiger partial charge in [-0.3, -0.25) is 9.80 Å². The molecule has 5 rings (SSSR count). The van der Waals surface area contributed by atoms with Crippen molar-refractivity contribution in [3.63, 3.8) is 0 Å². The number of aliphatic hydroxyl groups excluding tert-OH is 2. The fourth-order valence-electron chi connectivity index (χ4n) is 6.81. The second kappa shape index (κ2) is 21.5. The summed E-state index contributed by atoms with van der Waals surface area (Å²) in [5.74, 6) is -1.45. The van der Waals surface area contributed by atoms with E-state index in [0.29, 0.717) is 18.7 Å². The third kappa shape index (κ3) is 14.2. The maximum Gasteiger partial charge on any atom is 0.410 e. The lowest BCUT2D eigenvalue weighted by atomic mass is 9.92. The molecule has 0 radical (unpaired) electrons. The second-order valence-corrected chi connectivity index (χ2v) is 15.2. The third-order valence-electron chi connectivity index (χ3n) is 9.38. The molecule has 0 aliphatic rings. The van der Waals surface area contributed by atoms with Crippen LogP contribution >= 0.6 is 0 Å². The monoisotopic (exact) mass is 780 g/mol. The number of carbonyl (C=O) groups is 1. The number of halogens is 2. The molecule has 0 spiro atoms. The Morgan fingerprint density at radius 3 is 1.61 bits per heavy atom. The van der Waals surface area contributed by atoms with Gasteiger partial charge in [0.2, 0.25) is 0 Å². The summed E-state index contributed by atoms with van der Waals surface area (Å²) >= 11 is 0. The average molecular weight is 781 g/mol. The Hall–Kier alpha value is -4.97. The SMILES string of the molecule is CC(C)(C)OC(=O)N(CC(O)COCc1ccccc1)[C@H](CO)C(OCc1ccccc1)C(Cc1cc(F)cc(F)c1)N(Cc1ccccc1)Cc1ccccc1. The number of hydrogen-bond acceptors (Lipinski definition) is 7. The van der Waals surface area contributed by atoms with E-state index in [1.807, 2.05) is 121 Å². The molecule has 57 heavy (non-hydrogen) atoms. The lowest BCUT2D eigenvalue weighted by molar-refractivity contribution is -0.0975. The van der Waals surface area contributed by atoms with Gasteiger partial charge in [0, 0.05) is 25.2 Å². The molecule has 0 saturated heterocycles. The largest absolute Gasteiger partial charge is 0.444 e. The summed E-state index contributed by atoms with van der Waals surface area (Å²) in [6.45, 7) is 5.37. The van der Waals surface area contributed by atoms with E-state index in [-0.39, 0.29) is 32.8 Å². The van der Waals surface area contributed by atoms with Gasteiger partial charge in [-0.1, -0.05) is 121 Å². The number of rotatable bonds is 20. The zero-order valence-corrected chi connectivity index (χ0v) is 32.9. The first-order valence-corrected chi connectivity index (χ1v) is 19.3. The molecular formula is C47H54F2N2O6. The molecule has 0 aliphatic heterocycles. The molecule has 302 valence electrons. The molecule has 0 saturated carbocycles. The molecular weight excluding hydrogens is 727 g/mol. The number of nitrogens with zero attached hydrogens (tertiary/aromatic N) is 2. The van der Waals surface area contributed by atoms with Crippen LogP contribution in [0.15, 0.2) is 140 Å². The summed E-state index contributed by atoms with van der Waals surface area (Å²) in [6, 6.07) is 40.2. The van der Waals surface area contributed by atoms with Gasteiger partial charge >= 0.3 is 6.09 Å². The molecule has 0 bridgehead atoms. The van der Waals surface area contributed by atoms with Gasteiger partial charge in [0.15, 0.2) is 0 Å². The van der Waals surface area contributed by atoms with Crippen molar-refractivity contribution in [1.29, 1.82) is 0 Å². The minimum absolute atomic E-state index is 0.0786. The van der Waals surface area contributed by atoms with Gasteiger partial charge in [0.25, 0.3) is 0 Å². The highest BCUT2D eigenvalue weighted by Gasteiger charge is 2.41. The average Bonchev–Trinajstić information content (AvgIpc) is 3.18. The van der Waals surface area contributed by atoms with E-state index in [0.717, 1.165) is 28.3 Å². The summed E-state index contributed by atoms with van der Waals surface area (Å²) in [6.07, 6.45) is -2.87. The predicted octanol–water partition coefficient (Wildman–Crippen LogP) is 8.34. The van der Waals surface area contributed by atoms with E-state index in [1.54, 1.807) is 20.8 Å². The van der Waals surface area contributed by atoms with Crippen LogP contribution in [0.25, 0.3) is 0 Å². The Bertz CT molecular complexity index is 1850. The van der Waals surface area contributed by atoms with Crippen molar-refractivity contribution in [2.75, 3.05) is 19.8 Å². The van der Waals surface area contributed by atoms with Crippen molar-refractivity contribution in [2.45, 2.75) is 83.4 Å². The molecule has 3 unspecified atom stereocenters. The molecule has 2 N–H and O–H groups in total. The summed E-state index contributed by atoms with van der Waals surface area (Å²) in [5.41, 5.74) is 3.15. The van der Waals surface area contributed by atoms with E-state index in [1.165, 1.54) is 17.0 Å². The van der Waals surface area contributed by atoms with Crippen LogP contribution in [0.5, 0.6) is 0 Å². The van der Waals surface area contributed by atoms with Crippen molar-refractivity contribution in [2.24, 2.45) is 0 Å². The van der Waals surface area contributed by atoms with Crippen LogP contribution in [0, 0.1) is 11.6 Å². The molecule has 0 aliphatic carbocycles. The smallest absolute Gasteiger partial charge is 0.410 e. The lowest BCUT2D eigenvalue weighted by Crippen LogP contribution is -2.60. The molecule has 5 aromatic rings. The molecule has 0 aromatic heterocycles. The summed E-state index contributed by atoms with van der Waals surface area (Å²) in [4.78, 5) is 17.7. The summed E-state index contributed by atoms with van der Waals surface area (Å²) in [7, 11) is 0. The van der Waals surface area contributed by atoms with Gasteiger partial charge in [-0.25, -0.2) is 13.6 Å². The molecule has 10 heteroatoms. The highest BCUT2D eigenvalue weighted by Crippen LogP contribution is 2.28. The number of ether oxygens (including phenoxy) is 3. The first-order valence-electron chi connectivity index (χ1n) is 19.3. The second-order valence-electron chi connectivity index (χ2n) is 15.2. The number of amides is 1. The Labute approximate surface area is 335 Å². The number of carbonyl (C=O) groups excluding carboxylic acids is 1. The van der Waals surface area contributed by atoms with Crippen LogP contribution in [0.1, 0.15) is 48.6 Å². The summed E-state index contributed by atoms with van der Waals surface area (Å²) < 4.78 is 48.4. The highest BCUT2D eigenvalue weighted by atomic mass is 19.1. The van der Waals surface area contributed by atoms with E-state index >= 15 is 0 Å². The quantitative estimate of drug-likeness (QED) is 0.0821. The van der Waals surface area contributed by atoms with Crippen molar-refractivity contribution in [3.8, 4) is 0 Å². The van der Waals surface area contributed by atoms with Crippen LogP contribution < -0.4 is 0 Å². The Balaban J connectivity index is 1.60. The van der Waals surface area contributed by atoms with Gasteiger partial charge in [-0.05, 0) is 67.1 Å². The van der Waals surface area contributed by atoms with E-state index in [9.17, 15) is 23.8 Å². The van der Waals surface area contributed by atoms with Crippen LogP contribution in [0.4, 0.5) is 13.6 Å². The van der Waals surface area contributed by atoms with Gasteiger partial charge < -0.3 is 24.4 Å². The molecule has 0 fully saturated rings. The first-order chi connectivity index (χ1) is 27.5. The van der Waals surface area contributed by atoms with Gasteiger partial charge in [0.1, 0.15) is 17.2 Å². The van der Waals surface area contributed by atoms with Crippen LogP contribution in [-0.4, -0.2) is 75.8 Å². The Morgan fingerprint density at radius 1 is 0.667 bits per heavy atom. The molecule has 4 atom stereocenters. The fourth-order valence-corrected chi connectivity index (χ4v) is 6.81. The molecule has 0 heterocycles. The predicted molar refractivity (Wildman–Crippen MR) is 217 cm³/mol. The first kappa shape index (κ1) is 43.2. The molecule has 8 nitrogen and oxygen atoms in total. The number of benzene rings is 5.